The van der Waals surface area contributed by atoms with Crippen LogP contribution in [0.15, 0.2) is 0 Å². The van der Waals surface area contributed by atoms with Crippen LogP contribution in [-0.2, 0) is 14.3 Å². The summed E-state index contributed by atoms with van der Waals surface area (Å²) in [5, 5.41) is 11.9. The lowest BCUT2D eigenvalue weighted by molar-refractivity contribution is -0.139. The number of hydrogen-bond donors (Lipinski definition) is 2. The van der Waals surface area contributed by atoms with Crippen LogP contribution in [-0.4, -0.2) is 60.8 Å². The van der Waals surface area contributed by atoms with E-state index in [1.54, 1.807) is 4.90 Å². The molecule has 0 aromatic carbocycles. The van der Waals surface area contributed by atoms with Gasteiger partial charge in [-0.05, 0) is 25.7 Å². The molecular weight excluding hydrogens is 248 g/mol. The summed E-state index contributed by atoms with van der Waals surface area (Å²) in [5.41, 5.74) is 0. The van der Waals surface area contributed by atoms with Crippen LogP contribution in [0, 0.1) is 5.92 Å². The van der Waals surface area contributed by atoms with Gasteiger partial charge < -0.3 is 20.1 Å². The van der Waals surface area contributed by atoms with E-state index in [4.69, 9.17) is 9.84 Å². The molecule has 2 amide bonds. The number of carbonyl (C=O) groups excluding carboxylic acids is 2. The Morgan fingerprint density at radius 3 is 2.74 bits per heavy atom. The first-order valence-corrected chi connectivity index (χ1v) is 6.88. The predicted octanol–water partition coefficient (Wildman–Crippen LogP) is -0.489. The Morgan fingerprint density at radius 1 is 1.42 bits per heavy atom. The van der Waals surface area contributed by atoms with E-state index in [2.05, 4.69) is 5.32 Å². The van der Waals surface area contributed by atoms with Crippen molar-refractivity contribution in [2.24, 2.45) is 5.92 Å². The number of amides is 2. The molecule has 2 fully saturated rings. The number of methoxy groups -OCH3 is 1. The van der Waals surface area contributed by atoms with Crippen LogP contribution in [0.25, 0.3) is 0 Å². The van der Waals surface area contributed by atoms with Crippen LogP contribution in [0.1, 0.15) is 25.7 Å². The van der Waals surface area contributed by atoms with Crippen molar-refractivity contribution in [2.75, 3.05) is 26.9 Å². The second-order valence-corrected chi connectivity index (χ2v) is 5.31. The molecule has 2 unspecified atom stereocenters. The molecule has 1 aliphatic carbocycles. The third kappa shape index (κ3) is 3.45. The maximum absolute atomic E-state index is 12.2. The molecule has 1 aliphatic heterocycles. The lowest BCUT2D eigenvalue weighted by Crippen LogP contribution is -2.51. The van der Waals surface area contributed by atoms with Gasteiger partial charge in [0.05, 0.1) is 19.3 Å². The molecule has 1 saturated carbocycles. The topological polar surface area (TPSA) is 78.9 Å². The maximum atomic E-state index is 12.2. The first kappa shape index (κ1) is 14.3. The first-order valence-electron chi connectivity index (χ1n) is 6.88. The monoisotopic (exact) mass is 270 g/mol. The summed E-state index contributed by atoms with van der Waals surface area (Å²) in [6, 6.07) is -0.782. The molecule has 6 nitrogen and oxygen atoms in total. The number of aliphatic hydroxyl groups is 1. The molecule has 1 heterocycles. The summed E-state index contributed by atoms with van der Waals surface area (Å²) >= 11 is 0. The van der Waals surface area contributed by atoms with E-state index in [9.17, 15) is 9.59 Å². The highest BCUT2D eigenvalue weighted by atomic mass is 16.5. The quantitative estimate of drug-likeness (QED) is 0.683. The Morgan fingerprint density at radius 2 is 2.16 bits per heavy atom. The number of hydrogen-bond acceptors (Lipinski definition) is 4. The Hall–Kier alpha value is -1.14. The van der Waals surface area contributed by atoms with E-state index in [1.165, 1.54) is 7.11 Å². The van der Waals surface area contributed by atoms with Crippen molar-refractivity contribution in [3.63, 3.8) is 0 Å². The maximum Gasteiger partial charge on any atom is 0.243 e. The molecule has 2 rings (SSSR count). The Labute approximate surface area is 113 Å². The molecule has 108 valence electrons. The first-order chi connectivity index (χ1) is 9.17. The minimum atomic E-state index is -0.407. The van der Waals surface area contributed by atoms with Crippen LogP contribution in [0.2, 0.25) is 0 Å². The number of rotatable bonds is 6. The second-order valence-electron chi connectivity index (χ2n) is 5.31. The molecule has 6 heteroatoms. The zero-order chi connectivity index (χ0) is 13.8. The highest BCUT2D eigenvalue weighted by Gasteiger charge is 2.41. The molecule has 2 N–H and O–H groups in total. The van der Waals surface area contributed by atoms with Gasteiger partial charge >= 0.3 is 0 Å². The van der Waals surface area contributed by atoms with Gasteiger partial charge in [-0.2, -0.15) is 0 Å². The molecular formula is C13H22N2O4. The number of carbonyl (C=O) groups is 2. The van der Waals surface area contributed by atoms with E-state index in [0.29, 0.717) is 13.0 Å². The van der Waals surface area contributed by atoms with Gasteiger partial charge in [-0.3, -0.25) is 9.59 Å². The van der Waals surface area contributed by atoms with Gasteiger partial charge in [0.25, 0.3) is 0 Å². The molecule has 19 heavy (non-hydrogen) atoms. The average Bonchev–Trinajstić information content (AvgIpc) is 3.14. The molecule has 2 atom stereocenters. The van der Waals surface area contributed by atoms with Crippen molar-refractivity contribution < 1.29 is 19.4 Å². The van der Waals surface area contributed by atoms with Crippen molar-refractivity contribution in [1.82, 2.24) is 10.2 Å². The van der Waals surface area contributed by atoms with Crippen molar-refractivity contribution in [1.29, 1.82) is 0 Å². The SMILES string of the molecule is COCC(CO)NC(=O)C1CCCN1C(=O)C1CC1. The molecule has 1 saturated heterocycles. The number of likely N-dealkylation sites (tertiary alicyclic amines) is 1. The third-order valence-corrected chi connectivity index (χ3v) is 3.70. The lowest BCUT2D eigenvalue weighted by Gasteiger charge is -2.26. The van der Waals surface area contributed by atoms with Crippen molar-refractivity contribution >= 4 is 11.8 Å². The normalized spacial score (nSPS) is 24.3. The predicted molar refractivity (Wildman–Crippen MR) is 68.4 cm³/mol. The average molecular weight is 270 g/mol. The van der Waals surface area contributed by atoms with E-state index >= 15 is 0 Å². The minimum absolute atomic E-state index is 0.116. The fourth-order valence-corrected chi connectivity index (χ4v) is 2.51. The Bertz CT molecular complexity index is 344. The van der Waals surface area contributed by atoms with E-state index < -0.39 is 6.04 Å². The molecule has 0 radical (unpaired) electrons. The van der Waals surface area contributed by atoms with Crippen molar-refractivity contribution in [3.05, 3.63) is 0 Å². The van der Waals surface area contributed by atoms with Gasteiger partial charge in [0.1, 0.15) is 6.04 Å². The molecule has 0 aromatic heterocycles. The Kier molecular flexibility index (Phi) is 4.76. The standard InChI is InChI=1S/C13H22N2O4/c1-19-8-10(7-16)14-12(17)11-3-2-6-15(11)13(18)9-4-5-9/h9-11,16H,2-8H2,1H3,(H,14,17). The molecule has 0 aromatic rings. The minimum Gasteiger partial charge on any atom is -0.394 e. The van der Waals surface area contributed by atoms with E-state index in [-0.39, 0.29) is 37.0 Å². The number of nitrogens with zero attached hydrogens (tertiary/aromatic N) is 1. The van der Waals surface area contributed by atoms with Gasteiger partial charge in [-0.25, -0.2) is 0 Å². The molecule has 0 spiro atoms. The summed E-state index contributed by atoms with van der Waals surface area (Å²) in [5.74, 6) is 0.0774. The summed E-state index contributed by atoms with van der Waals surface area (Å²) in [4.78, 5) is 26.0. The summed E-state index contributed by atoms with van der Waals surface area (Å²) in [7, 11) is 1.52. The smallest absolute Gasteiger partial charge is 0.243 e. The summed E-state index contributed by atoms with van der Waals surface area (Å²) < 4.78 is 4.93. The van der Waals surface area contributed by atoms with Gasteiger partial charge in [-0.15, -0.1) is 0 Å². The zero-order valence-electron chi connectivity index (χ0n) is 11.3. The van der Waals surface area contributed by atoms with Crippen molar-refractivity contribution in [2.45, 2.75) is 37.8 Å². The summed E-state index contributed by atoms with van der Waals surface area (Å²) in [6.45, 7) is 0.774. The van der Waals surface area contributed by atoms with E-state index in [0.717, 1.165) is 19.3 Å². The largest absolute Gasteiger partial charge is 0.394 e. The zero-order valence-corrected chi connectivity index (χ0v) is 11.3. The van der Waals surface area contributed by atoms with Gasteiger partial charge in [0.15, 0.2) is 0 Å². The number of ether oxygens (including phenoxy) is 1. The fraction of sp³-hybridized carbons (Fsp3) is 0.846. The van der Waals surface area contributed by atoms with Crippen LogP contribution < -0.4 is 5.32 Å². The van der Waals surface area contributed by atoms with Gasteiger partial charge in [0.2, 0.25) is 11.8 Å². The molecule has 0 bridgehead atoms. The second kappa shape index (κ2) is 6.34. The number of aliphatic hydroxyl groups excluding tert-OH is 1. The highest BCUT2D eigenvalue weighted by Crippen LogP contribution is 2.33. The number of nitrogens with one attached hydrogen (secondary N) is 1. The Balaban J connectivity index is 1.91. The molecule has 2 aliphatic rings. The summed E-state index contributed by atoms with van der Waals surface area (Å²) in [6.07, 6.45) is 3.47. The van der Waals surface area contributed by atoms with Gasteiger partial charge in [-0.1, -0.05) is 0 Å². The van der Waals surface area contributed by atoms with E-state index in [1.807, 2.05) is 0 Å². The van der Waals surface area contributed by atoms with Crippen LogP contribution >= 0.6 is 0 Å². The van der Waals surface area contributed by atoms with Crippen LogP contribution in [0.4, 0.5) is 0 Å². The lowest BCUT2D eigenvalue weighted by atomic mass is 10.2. The fourth-order valence-electron chi connectivity index (χ4n) is 2.51. The highest BCUT2D eigenvalue weighted by molar-refractivity contribution is 5.90. The van der Waals surface area contributed by atoms with Crippen molar-refractivity contribution in [3.8, 4) is 0 Å². The van der Waals surface area contributed by atoms with Crippen LogP contribution in [0.5, 0.6) is 0 Å². The van der Waals surface area contributed by atoms with Crippen LogP contribution in [0.3, 0.4) is 0 Å². The van der Waals surface area contributed by atoms with Gasteiger partial charge in [0, 0.05) is 19.6 Å². The third-order valence-electron chi connectivity index (χ3n) is 3.70.